The standard InChI is InChI=1S/C17H32N4O6S/c1-5-9(2)13(21-15(24)11(18)8-22)16(25)19-10(3)14(23)20-12(17(26)27)6-7-28-4/h9-13,22H,5-8,18H2,1-4H3,(H,19,25)(H,20,23)(H,21,24)(H,26,27). The monoisotopic (exact) mass is 420 g/mol. The van der Waals surface area contributed by atoms with Gasteiger partial charge in [-0.15, -0.1) is 0 Å². The van der Waals surface area contributed by atoms with Crippen LogP contribution in [-0.2, 0) is 19.2 Å². The Bertz CT molecular complexity index is 548. The molecule has 162 valence electrons. The Hall–Kier alpha value is -1.85. The number of amides is 3. The topological polar surface area (TPSA) is 171 Å². The molecule has 0 aliphatic rings. The molecule has 0 saturated carbocycles. The Labute approximate surface area is 169 Å². The lowest BCUT2D eigenvalue weighted by atomic mass is 9.97. The van der Waals surface area contributed by atoms with Crippen molar-refractivity contribution in [2.45, 2.75) is 57.8 Å². The zero-order valence-corrected chi connectivity index (χ0v) is 17.5. The van der Waals surface area contributed by atoms with Crippen LogP contribution in [0.1, 0.15) is 33.6 Å². The Morgan fingerprint density at radius 3 is 2.11 bits per heavy atom. The van der Waals surface area contributed by atoms with Gasteiger partial charge >= 0.3 is 5.97 Å². The maximum Gasteiger partial charge on any atom is 0.326 e. The van der Waals surface area contributed by atoms with E-state index in [4.69, 9.17) is 10.8 Å². The van der Waals surface area contributed by atoms with Crippen LogP contribution in [0.4, 0.5) is 0 Å². The first kappa shape index (κ1) is 26.1. The van der Waals surface area contributed by atoms with Crippen molar-refractivity contribution in [1.82, 2.24) is 16.0 Å². The SMILES string of the molecule is CCC(C)C(NC(=O)C(N)CO)C(=O)NC(C)C(=O)NC(CCSC)C(=O)O. The third-order valence-electron chi connectivity index (χ3n) is 4.30. The molecule has 0 heterocycles. The minimum Gasteiger partial charge on any atom is -0.480 e. The summed E-state index contributed by atoms with van der Waals surface area (Å²) in [7, 11) is 0. The first-order valence-electron chi connectivity index (χ1n) is 9.08. The summed E-state index contributed by atoms with van der Waals surface area (Å²) in [5, 5.41) is 25.5. The summed E-state index contributed by atoms with van der Waals surface area (Å²) in [6.45, 7) is 4.45. The lowest BCUT2D eigenvalue weighted by Crippen LogP contribution is -2.58. The fraction of sp³-hybridized carbons (Fsp3) is 0.765. The summed E-state index contributed by atoms with van der Waals surface area (Å²) >= 11 is 1.46. The highest BCUT2D eigenvalue weighted by molar-refractivity contribution is 7.98. The van der Waals surface area contributed by atoms with Gasteiger partial charge < -0.3 is 31.9 Å². The highest BCUT2D eigenvalue weighted by atomic mass is 32.2. The van der Waals surface area contributed by atoms with E-state index in [0.717, 1.165) is 0 Å². The molecule has 3 amide bonds. The minimum absolute atomic E-state index is 0.251. The second-order valence-electron chi connectivity index (χ2n) is 6.57. The van der Waals surface area contributed by atoms with Crippen LogP contribution in [0, 0.1) is 5.92 Å². The number of aliphatic carboxylic acids is 1. The number of hydrogen-bond donors (Lipinski definition) is 6. The largest absolute Gasteiger partial charge is 0.480 e. The minimum atomic E-state index is -1.16. The maximum atomic E-state index is 12.6. The molecule has 0 rings (SSSR count). The fourth-order valence-electron chi connectivity index (χ4n) is 2.20. The maximum absolute atomic E-state index is 12.6. The number of aliphatic hydroxyl groups is 1. The third kappa shape index (κ3) is 8.89. The van der Waals surface area contributed by atoms with E-state index < -0.39 is 54.5 Å². The molecule has 11 heteroatoms. The molecule has 0 fully saturated rings. The number of carbonyl (C=O) groups excluding carboxylic acids is 3. The van der Waals surface area contributed by atoms with E-state index in [1.165, 1.54) is 18.7 Å². The van der Waals surface area contributed by atoms with Crippen molar-refractivity contribution in [3.05, 3.63) is 0 Å². The fourth-order valence-corrected chi connectivity index (χ4v) is 2.68. The molecule has 0 aromatic carbocycles. The Morgan fingerprint density at radius 1 is 1.04 bits per heavy atom. The molecule has 0 bridgehead atoms. The van der Waals surface area contributed by atoms with Crippen LogP contribution in [0.3, 0.4) is 0 Å². The molecule has 28 heavy (non-hydrogen) atoms. The van der Waals surface area contributed by atoms with E-state index in [1.54, 1.807) is 6.92 Å². The summed E-state index contributed by atoms with van der Waals surface area (Å²) in [6.07, 6.45) is 2.66. The van der Waals surface area contributed by atoms with E-state index in [2.05, 4.69) is 16.0 Å². The van der Waals surface area contributed by atoms with Gasteiger partial charge in [-0.25, -0.2) is 4.79 Å². The third-order valence-corrected chi connectivity index (χ3v) is 4.95. The molecule has 10 nitrogen and oxygen atoms in total. The normalized spacial score (nSPS) is 16.2. The number of nitrogens with two attached hydrogens (primary N) is 1. The lowest BCUT2D eigenvalue weighted by Gasteiger charge is -2.26. The van der Waals surface area contributed by atoms with E-state index in [9.17, 15) is 24.3 Å². The highest BCUT2D eigenvalue weighted by Crippen LogP contribution is 2.09. The Balaban J connectivity index is 5.01. The van der Waals surface area contributed by atoms with Crippen molar-refractivity contribution in [3.8, 4) is 0 Å². The number of carboxylic acids is 1. The zero-order valence-electron chi connectivity index (χ0n) is 16.7. The average Bonchev–Trinajstić information content (AvgIpc) is 2.66. The Morgan fingerprint density at radius 2 is 1.64 bits per heavy atom. The number of aliphatic hydroxyl groups excluding tert-OH is 1. The van der Waals surface area contributed by atoms with Gasteiger partial charge in [0, 0.05) is 0 Å². The predicted octanol–water partition coefficient (Wildman–Crippen LogP) is -1.34. The zero-order chi connectivity index (χ0) is 21.9. The number of hydrogen-bond acceptors (Lipinski definition) is 7. The summed E-state index contributed by atoms with van der Waals surface area (Å²) < 4.78 is 0. The van der Waals surface area contributed by atoms with Gasteiger partial charge in [0.25, 0.3) is 0 Å². The van der Waals surface area contributed by atoms with Crippen LogP contribution in [0.2, 0.25) is 0 Å². The van der Waals surface area contributed by atoms with Crippen LogP contribution in [0.5, 0.6) is 0 Å². The second kappa shape index (κ2) is 13.3. The van der Waals surface area contributed by atoms with Crippen molar-refractivity contribution in [2.24, 2.45) is 11.7 Å². The van der Waals surface area contributed by atoms with Crippen LogP contribution < -0.4 is 21.7 Å². The molecule has 0 aliphatic carbocycles. The molecule has 0 aliphatic heterocycles. The summed E-state index contributed by atoms with van der Waals surface area (Å²) in [5.41, 5.74) is 5.46. The number of carboxylic acid groups (broad SMARTS) is 1. The van der Waals surface area contributed by atoms with E-state index in [0.29, 0.717) is 12.2 Å². The number of carbonyl (C=O) groups is 4. The van der Waals surface area contributed by atoms with Gasteiger partial charge in [-0.05, 0) is 31.3 Å². The lowest BCUT2D eigenvalue weighted by molar-refractivity contribution is -0.142. The molecular weight excluding hydrogens is 388 g/mol. The number of rotatable bonds is 13. The molecule has 7 N–H and O–H groups in total. The number of thioether (sulfide) groups is 1. The van der Waals surface area contributed by atoms with E-state index in [1.807, 2.05) is 13.2 Å². The predicted molar refractivity (Wildman–Crippen MR) is 107 cm³/mol. The molecule has 5 atom stereocenters. The first-order valence-corrected chi connectivity index (χ1v) is 10.5. The molecule has 5 unspecified atom stereocenters. The van der Waals surface area contributed by atoms with Crippen LogP contribution in [0.15, 0.2) is 0 Å². The molecular formula is C17H32N4O6S. The van der Waals surface area contributed by atoms with E-state index >= 15 is 0 Å². The Kier molecular flexibility index (Phi) is 12.5. The quantitative estimate of drug-likeness (QED) is 0.213. The van der Waals surface area contributed by atoms with Gasteiger partial charge in [-0.3, -0.25) is 14.4 Å². The summed E-state index contributed by atoms with van der Waals surface area (Å²) in [6, 6.07) is -4.16. The molecule has 0 spiro atoms. The van der Waals surface area contributed by atoms with Gasteiger partial charge in [0.2, 0.25) is 17.7 Å². The van der Waals surface area contributed by atoms with Gasteiger partial charge in [-0.2, -0.15) is 11.8 Å². The smallest absolute Gasteiger partial charge is 0.326 e. The second-order valence-corrected chi connectivity index (χ2v) is 7.56. The molecule has 0 radical (unpaired) electrons. The number of nitrogens with one attached hydrogen (secondary N) is 3. The molecule has 0 aromatic heterocycles. The van der Waals surface area contributed by atoms with Crippen LogP contribution >= 0.6 is 11.8 Å². The van der Waals surface area contributed by atoms with Crippen molar-refractivity contribution in [2.75, 3.05) is 18.6 Å². The molecule has 0 aromatic rings. The van der Waals surface area contributed by atoms with Gasteiger partial charge in [0.1, 0.15) is 24.2 Å². The van der Waals surface area contributed by atoms with Gasteiger partial charge in [-0.1, -0.05) is 20.3 Å². The van der Waals surface area contributed by atoms with Crippen molar-refractivity contribution in [3.63, 3.8) is 0 Å². The summed E-state index contributed by atoms with van der Waals surface area (Å²) in [5.74, 6) is -2.75. The van der Waals surface area contributed by atoms with Gasteiger partial charge in [0.15, 0.2) is 0 Å². The van der Waals surface area contributed by atoms with E-state index in [-0.39, 0.29) is 12.3 Å². The van der Waals surface area contributed by atoms with Crippen molar-refractivity contribution < 1.29 is 29.4 Å². The van der Waals surface area contributed by atoms with Crippen LogP contribution in [-0.4, -0.2) is 76.7 Å². The highest BCUT2D eigenvalue weighted by Gasteiger charge is 2.30. The van der Waals surface area contributed by atoms with Gasteiger partial charge in [0.05, 0.1) is 6.61 Å². The summed E-state index contributed by atoms with van der Waals surface area (Å²) in [4.78, 5) is 48.0. The molecule has 0 saturated heterocycles. The first-order chi connectivity index (χ1) is 13.1. The van der Waals surface area contributed by atoms with Crippen LogP contribution in [0.25, 0.3) is 0 Å². The average molecular weight is 421 g/mol. The van der Waals surface area contributed by atoms with Crippen molar-refractivity contribution >= 4 is 35.5 Å². The van der Waals surface area contributed by atoms with Crippen molar-refractivity contribution in [1.29, 1.82) is 0 Å².